The summed E-state index contributed by atoms with van der Waals surface area (Å²) >= 11 is 0. The Labute approximate surface area is 157 Å². The van der Waals surface area contributed by atoms with Gasteiger partial charge >= 0.3 is 5.97 Å². The minimum absolute atomic E-state index is 0.0349. The van der Waals surface area contributed by atoms with Crippen molar-refractivity contribution in [3.05, 3.63) is 59.4 Å². The fourth-order valence-corrected chi connectivity index (χ4v) is 2.16. The standard InChI is InChI=1S/C20H19N3O4/c1-13(2)23-19(24)16(12-21)10-14-4-5-17(18(11-14)26-3)27-20(25)15-6-8-22-9-7-15/h4-11,13H,1-3H3,(H,23,24)/b16-10+. The maximum Gasteiger partial charge on any atom is 0.343 e. The first-order valence-corrected chi connectivity index (χ1v) is 8.17. The molecule has 0 spiro atoms. The van der Waals surface area contributed by atoms with E-state index in [-0.39, 0.29) is 17.4 Å². The first-order valence-electron chi connectivity index (χ1n) is 8.17. The van der Waals surface area contributed by atoms with Gasteiger partial charge in [0.15, 0.2) is 11.5 Å². The van der Waals surface area contributed by atoms with Crippen LogP contribution in [-0.4, -0.2) is 30.0 Å². The number of methoxy groups -OCH3 is 1. The number of amides is 1. The van der Waals surface area contributed by atoms with Gasteiger partial charge in [0.1, 0.15) is 11.6 Å². The predicted molar refractivity (Wildman–Crippen MR) is 99.1 cm³/mol. The van der Waals surface area contributed by atoms with Gasteiger partial charge in [-0.15, -0.1) is 0 Å². The van der Waals surface area contributed by atoms with E-state index in [1.807, 2.05) is 19.9 Å². The third-order valence-corrected chi connectivity index (χ3v) is 3.40. The molecule has 1 amide bonds. The average Bonchev–Trinajstić information content (AvgIpc) is 2.67. The molecule has 138 valence electrons. The van der Waals surface area contributed by atoms with Crippen molar-refractivity contribution in [3.8, 4) is 17.6 Å². The van der Waals surface area contributed by atoms with Gasteiger partial charge in [0.2, 0.25) is 0 Å². The Bertz CT molecular complexity index is 899. The second-order valence-corrected chi connectivity index (χ2v) is 5.83. The second kappa shape index (κ2) is 9.15. The number of nitrogens with one attached hydrogen (secondary N) is 1. The Morgan fingerprint density at radius 3 is 2.48 bits per heavy atom. The summed E-state index contributed by atoms with van der Waals surface area (Å²) in [6.45, 7) is 3.61. The lowest BCUT2D eigenvalue weighted by atomic mass is 10.1. The number of pyridine rings is 1. The Kier molecular flexibility index (Phi) is 6.67. The Hall–Kier alpha value is -3.66. The normalized spacial score (nSPS) is 10.9. The maximum atomic E-state index is 12.2. The molecule has 2 rings (SSSR count). The van der Waals surface area contributed by atoms with Crippen LogP contribution in [0.25, 0.3) is 6.08 Å². The number of hydrogen-bond acceptors (Lipinski definition) is 6. The minimum atomic E-state index is -0.548. The van der Waals surface area contributed by atoms with E-state index in [9.17, 15) is 14.9 Å². The van der Waals surface area contributed by atoms with Crippen molar-refractivity contribution >= 4 is 18.0 Å². The van der Waals surface area contributed by atoms with Crippen LogP contribution in [0.2, 0.25) is 0 Å². The number of benzene rings is 1. The monoisotopic (exact) mass is 365 g/mol. The van der Waals surface area contributed by atoms with Crippen molar-refractivity contribution in [1.82, 2.24) is 10.3 Å². The van der Waals surface area contributed by atoms with Crippen molar-refractivity contribution in [1.29, 1.82) is 5.26 Å². The number of rotatable bonds is 6. The van der Waals surface area contributed by atoms with Gasteiger partial charge in [-0.3, -0.25) is 9.78 Å². The molecule has 0 aliphatic heterocycles. The molecule has 0 radical (unpaired) electrons. The molecule has 1 aromatic heterocycles. The summed E-state index contributed by atoms with van der Waals surface area (Å²) in [5.41, 5.74) is 0.881. The van der Waals surface area contributed by atoms with Crippen LogP contribution < -0.4 is 14.8 Å². The van der Waals surface area contributed by atoms with Crippen LogP contribution in [0.3, 0.4) is 0 Å². The van der Waals surface area contributed by atoms with E-state index >= 15 is 0 Å². The third kappa shape index (κ3) is 5.41. The van der Waals surface area contributed by atoms with Gasteiger partial charge in [-0.25, -0.2) is 4.79 Å². The van der Waals surface area contributed by atoms with Gasteiger partial charge < -0.3 is 14.8 Å². The minimum Gasteiger partial charge on any atom is -0.493 e. The van der Waals surface area contributed by atoms with Crippen LogP contribution in [0.4, 0.5) is 0 Å². The molecule has 0 fully saturated rings. The van der Waals surface area contributed by atoms with E-state index in [4.69, 9.17) is 9.47 Å². The van der Waals surface area contributed by atoms with Crippen LogP contribution in [0.5, 0.6) is 11.5 Å². The number of carbonyl (C=O) groups excluding carboxylic acids is 2. The Balaban J connectivity index is 2.25. The van der Waals surface area contributed by atoms with Crippen LogP contribution >= 0.6 is 0 Å². The van der Waals surface area contributed by atoms with Gasteiger partial charge in [0.05, 0.1) is 12.7 Å². The number of esters is 1. The van der Waals surface area contributed by atoms with E-state index < -0.39 is 11.9 Å². The van der Waals surface area contributed by atoms with E-state index in [1.165, 1.54) is 25.6 Å². The number of nitriles is 1. The van der Waals surface area contributed by atoms with Gasteiger partial charge in [0.25, 0.3) is 5.91 Å². The van der Waals surface area contributed by atoms with Gasteiger partial charge in [-0.1, -0.05) is 6.07 Å². The quantitative estimate of drug-likeness (QED) is 0.366. The van der Waals surface area contributed by atoms with Crippen LogP contribution in [0, 0.1) is 11.3 Å². The molecule has 0 saturated heterocycles. The summed E-state index contributed by atoms with van der Waals surface area (Å²) in [4.78, 5) is 28.0. The smallest absolute Gasteiger partial charge is 0.343 e. The summed E-state index contributed by atoms with van der Waals surface area (Å²) in [7, 11) is 1.43. The molecule has 0 unspecified atom stereocenters. The van der Waals surface area contributed by atoms with Crippen molar-refractivity contribution in [2.75, 3.05) is 7.11 Å². The van der Waals surface area contributed by atoms with Crippen molar-refractivity contribution < 1.29 is 19.1 Å². The molecule has 1 heterocycles. The lowest BCUT2D eigenvalue weighted by Gasteiger charge is -2.10. The second-order valence-electron chi connectivity index (χ2n) is 5.83. The van der Waals surface area contributed by atoms with Crippen molar-refractivity contribution in [3.63, 3.8) is 0 Å². The number of carbonyl (C=O) groups is 2. The fourth-order valence-electron chi connectivity index (χ4n) is 2.16. The highest BCUT2D eigenvalue weighted by atomic mass is 16.6. The fraction of sp³-hybridized carbons (Fsp3) is 0.200. The average molecular weight is 365 g/mol. The first kappa shape index (κ1) is 19.7. The SMILES string of the molecule is COc1cc(/C=C(\C#N)C(=O)NC(C)C)ccc1OC(=O)c1ccncc1. The number of aromatic nitrogens is 1. The molecule has 0 atom stereocenters. The van der Waals surface area contributed by atoms with Crippen LogP contribution in [0.15, 0.2) is 48.3 Å². The van der Waals surface area contributed by atoms with E-state index in [0.29, 0.717) is 16.9 Å². The molecule has 2 aromatic rings. The third-order valence-electron chi connectivity index (χ3n) is 3.40. The molecule has 7 nitrogen and oxygen atoms in total. The van der Waals surface area contributed by atoms with E-state index in [1.54, 1.807) is 30.3 Å². The summed E-state index contributed by atoms with van der Waals surface area (Å²) in [6, 6.07) is 9.62. The van der Waals surface area contributed by atoms with Crippen LogP contribution in [-0.2, 0) is 4.79 Å². The summed E-state index contributed by atoms with van der Waals surface area (Å²) in [6.07, 6.45) is 4.43. The first-order chi connectivity index (χ1) is 12.9. The highest BCUT2D eigenvalue weighted by molar-refractivity contribution is 6.01. The molecule has 0 bridgehead atoms. The zero-order valence-corrected chi connectivity index (χ0v) is 15.2. The van der Waals surface area contributed by atoms with E-state index in [2.05, 4.69) is 10.3 Å². The number of nitrogens with zero attached hydrogens (tertiary/aromatic N) is 2. The maximum absolute atomic E-state index is 12.2. The Morgan fingerprint density at radius 1 is 1.19 bits per heavy atom. The highest BCUT2D eigenvalue weighted by Gasteiger charge is 2.14. The lowest BCUT2D eigenvalue weighted by Crippen LogP contribution is -2.30. The lowest BCUT2D eigenvalue weighted by molar-refractivity contribution is -0.117. The molecule has 1 aromatic carbocycles. The summed E-state index contributed by atoms with van der Waals surface area (Å²) < 4.78 is 10.6. The molecular weight excluding hydrogens is 346 g/mol. The van der Waals surface area contributed by atoms with Crippen molar-refractivity contribution in [2.45, 2.75) is 19.9 Å². The number of ether oxygens (including phenoxy) is 2. The topological polar surface area (TPSA) is 101 Å². The molecule has 1 N–H and O–H groups in total. The molecular formula is C20H19N3O4. The zero-order valence-electron chi connectivity index (χ0n) is 15.2. The van der Waals surface area contributed by atoms with E-state index in [0.717, 1.165) is 0 Å². The van der Waals surface area contributed by atoms with Gasteiger partial charge in [0, 0.05) is 18.4 Å². The largest absolute Gasteiger partial charge is 0.493 e. The molecule has 0 saturated carbocycles. The van der Waals surface area contributed by atoms with Gasteiger partial charge in [-0.05, 0) is 49.8 Å². The summed E-state index contributed by atoms with van der Waals surface area (Å²) in [5.74, 6) is -0.484. The zero-order chi connectivity index (χ0) is 19.8. The molecule has 7 heteroatoms. The molecule has 0 aliphatic carbocycles. The predicted octanol–water partition coefficient (Wildman–Crippen LogP) is 2.74. The van der Waals surface area contributed by atoms with Crippen LogP contribution in [0.1, 0.15) is 29.8 Å². The molecule has 0 aliphatic rings. The number of hydrogen-bond donors (Lipinski definition) is 1. The summed E-state index contributed by atoms with van der Waals surface area (Å²) in [5, 5.41) is 11.9. The van der Waals surface area contributed by atoms with Crippen molar-refractivity contribution in [2.24, 2.45) is 0 Å². The molecule has 27 heavy (non-hydrogen) atoms. The highest BCUT2D eigenvalue weighted by Crippen LogP contribution is 2.29. The Morgan fingerprint density at radius 2 is 1.89 bits per heavy atom. The van der Waals surface area contributed by atoms with Gasteiger partial charge in [-0.2, -0.15) is 5.26 Å².